The SMILES string of the molecule is CCOc1ccc(CC(=O)CC(C)(CC(=O)C2CCC(C3Cc4ccccc4CC3=O)CC2)C(=O)C2CCC(C3CCCCC3)CC2)cc1. The molecular formula is C44H58O5. The van der Waals surface area contributed by atoms with Gasteiger partial charge in [-0.15, -0.1) is 0 Å². The van der Waals surface area contributed by atoms with Crippen molar-refractivity contribution in [3.8, 4) is 5.75 Å². The third-order valence-corrected chi connectivity index (χ3v) is 13.0. The molecule has 0 aliphatic heterocycles. The molecule has 2 aromatic rings. The lowest BCUT2D eigenvalue weighted by atomic mass is 9.64. The molecule has 2 unspecified atom stereocenters. The number of rotatable bonds is 13. The van der Waals surface area contributed by atoms with Crippen LogP contribution >= 0.6 is 0 Å². The molecule has 5 nitrogen and oxygen atoms in total. The molecule has 0 saturated heterocycles. The summed E-state index contributed by atoms with van der Waals surface area (Å²) in [5.41, 5.74) is 2.38. The molecule has 0 bridgehead atoms. The van der Waals surface area contributed by atoms with Crippen molar-refractivity contribution in [2.45, 2.75) is 129 Å². The van der Waals surface area contributed by atoms with Crippen molar-refractivity contribution in [2.24, 2.45) is 40.9 Å². The maximum absolute atomic E-state index is 14.5. The van der Waals surface area contributed by atoms with Gasteiger partial charge in [-0.05, 0) is 111 Å². The van der Waals surface area contributed by atoms with Crippen LogP contribution < -0.4 is 4.74 Å². The van der Waals surface area contributed by atoms with Crippen molar-refractivity contribution in [3.05, 3.63) is 65.2 Å². The Hall–Kier alpha value is -3.08. The van der Waals surface area contributed by atoms with E-state index in [0.717, 1.165) is 86.5 Å². The summed E-state index contributed by atoms with van der Waals surface area (Å²) in [5, 5.41) is 0. The zero-order chi connectivity index (χ0) is 34.4. The van der Waals surface area contributed by atoms with Crippen LogP contribution in [0.2, 0.25) is 0 Å². The zero-order valence-corrected chi connectivity index (χ0v) is 30.1. The number of benzene rings is 2. The highest BCUT2D eigenvalue weighted by Gasteiger charge is 2.44. The Morgan fingerprint density at radius 3 is 2.00 bits per heavy atom. The molecule has 0 spiro atoms. The first-order chi connectivity index (χ1) is 23.7. The van der Waals surface area contributed by atoms with Crippen LogP contribution in [-0.2, 0) is 38.4 Å². The molecule has 0 aromatic heterocycles. The van der Waals surface area contributed by atoms with Crippen LogP contribution in [0, 0.1) is 40.9 Å². The molecule has 0 heterocycles. The van der Waals surface area contributed by atoms with Gasteiger partial charge in [0.2, 0.25) is 0 Å². The standard InChI is InChI=1S/C44H58O5/c1-3-49-39-23-13-30(14-24-39)25-38(45)28-44(2,43(48)35-21-15-32(16-22-35)31-9-5-4-6-10-31)29-42(47)34-19-17-33(18-20-34)40-26-36-11-7-8-12-37(36)27-41(40)46/h7-8,11-14,23-24,31-35,40H,3-6,9-10,15-22,25-29H2,1-2H3. The Bertz CT molecular complexity index is 1450. The predicted octanol–water partition coefficient (Wildman–Crippen LogP) is 9.30. The maximum atomic E-state index is 14.5. The highest BCUT2D eigenvalue weighted by atomic mass is 16.5. The third-order valence-electron chi connectivity index (χ3n) is 13.0. The molecule has 4 aliphatic carbocycles. The van der Waals surface area contributed by atoms with Gasteiger partial charge in [-0.1, -0.05) is 75.4 Å². The van der Waals surface area contributed by atoms with Crippen LogP contribution in [0.1, 0.15) is 127 Å². The zero-order valence-electron chi connectivity index (χ0n) is 30.1. The fourth-order valence-corrected chi connectivity index (χ4v) is 10.2. The van der Waals surface area contributed by atoms with Gasteiger partial charge in [0.25, 0.3) is 0 Å². The van der Waals surface area contributed by atoms with E-state index in [1.54, 1.807) is 0 Å². The van der Waals surface area contributed by atoms with Crippen LogP contribution in [-0.4, -0.2) is 29.7 Å². The second-order valence-corrected chi connectivity index (χ2v) is 16.4. The molecule has 5 heteroatoms. The number of hydrogen-bond acceptors (Lipinski definition) is 5. The summed E-state index contributed by atoms with van der Waals surface area (Å²) < 4.78 is 5.57. The lowest BCUT2D eigenvalue weighted by Crippen LogP contribution is -2.41. The van der Waals surface area contributed by atoms with Crippen LogP contribution in [0.5, 0.6) is 5.75 Å². The summed E-state index contributed by atoms with van der Waals surface area (Å²) in [6.45, 7) is 4.45. The first kappa shape index (κ1) is 35.7. The second-order valence-electron chi connectivity index (χ2n) is 16.4. The minimum absolute atomic E-state index is 0.0171. The Labute approximate surface area is 294 Å². The molecule has 0 amide bonds. The lowest BCUT2D eigenvalue weighted by Gasteiger charge is -2.39. The van der Waals surface area contributed by atoms with Crippen LogP contribution in [0.4, 0.5) is 0 Å². The van der Waals surface area contributed by atoms with E-state index in [1.165, 1.54) is 37.7 Å². The Morgan fingerprint density at radius 2 is 1.33 bits per heavy atom. The summed E-state index contributed by atoms with van der Waals surface area (Å²) in [6, 6.07) is 15.9. The molecule has 0 radical (unpaired) electrons. The molecule has 49 heavy (non-hydrogen) atoms. The average Bonchev–Trinajstić information content (AvgIpc) is 3.12. The Kier molecular flexibility index (Phi) is 11.9. The van der Waals surface area contributed by atoms with Gasteiger partial charge < -0.3 is 4.74 Å². The smallest absolute Gasteiger partial charge is 0.142 e. The first-order valence-corrected chi connectivity index (χ1v) is 19.6. The maximum Gasteiger partial charge on any atom is 0.142 e. The number of fused-ring (bicyclic) bond motifs is 1. The molecule has 6 rings (SSSR count). The first-order valence-electron chi connectivity index (χ1n) is 19.6. The normalized spacial score (nSPS) is 27.5. The summed E-state index contributed by atoms with van der Waals surface area (Å²) in [7, 11) is 0. The molecule has 4 aliphatic rings. The number of ketones is 4. The molecule has 2 aromatic carbocycles. The van der Waals surface area contributed by atoms with Gasteiger partial charge in [-0.2, -0.15) is 0 Å². The molecule has 3 fully saturated rings. The van der Waals surface area contributed by atoms with E-state index < -0.39 is 5.41 Å². The van der Waals surface area contributed by atoms with Crippen molar-refractivity contribution in [1.29, 1.82) is 0 Å². The Morgan fingerprint density at radius 1 is 0.714 bits per heavy atom. The van der Waals surface area contributed by atoms with Crippen LogP contribution in [0.3, 0.4) is 0 Å². The van der Waals surface area contributed by atoms with Crippen molar-refractivity contribution in [1.82, 2.24) is 0 Å². The van der Waals surface area contributed by atoms with Crippen LogP contribution in [0.15, 0.2) is 48.5 Å². The molecule has 2 atom stereocenters. The van der Waals surface area contributed by atoms with E-state index in [0.29, 0.717) is 24.7 Å². The van der Waals surface area contributed by atoms with Gasteiger partial charge >= 0.3 is 0 Å². The summed E-state index contributed by atoms with van der Waals surface area (Å²) in [5.74, 6) is 3.14. The van der Waals surface area contributed by atoms with Gasteiger partial charge in [-0.3, -0.25) is 19.2 Å². The summed E-state index contributed by atoms with van der Waals surface area (Å²) >= 11 is 0. The van der Waals surface area contributed by atoms with Gasteiger partial charge in [-0.25, -0.2) is 0 Å². The topological polar surface area (TPSA) is 77.5 Å². The number of ether oxygens (including phenoxy) is 1. The minimum atomic E-state index is -0.984. The second kappa shape index (κ2) is 16.3. The number of hydrogen-bond donors (Lipinski definition) is 0. The van der Waals surface area contributed by atoms with Crippen molar-refractivity contribution in [3.63, 3.8) is 0 Å². The van der Waals surface area contributed by atoms with Crippen molar-refractivity contribution >= 4 is 23.1 Å². The lowest BCUT2D eigenvalue weighted by molar-refractivity contribution is -0.142. The highest BCUT2D eigenvalue weighted by Crippen LogP contribution is 2.45. The third kappa shape index (κ3) is 8.81. The number of carbonyl (C=O) groups excluding carboxylic acids is 4. The van der Waals surface area contributed by atoms with E-state index >= 15 is 0 Å². The number of Topliss-reactive ketones (excluding diaryl/α,β-unsaturated/α-hetero) is 4. The van der Waals surface area contributed by atoms with Crippen molar-refractivity contribution < 1.29 is 23.9 Å². The van der Waals surface area contributed by atoms with Gasteiger partial charge in [0.1, 0.15) is 28.9 Å². The predicted molar refractivity (Wildman–Crippen MR) is 193 cm³/mol. The molecule has 264 valence electrons. The van der Waals surface area contributed by atoms with Gasteiger partial charge in [0.15, 0.2) is 0 Å². The largest absolute Gasteiger partial charge is 0.494 e. The molecule has 3 saturated carbocycles. The minimum Gasteiger partial charge on any atom is -0.494 e. The average molecular weight is 667 g/mol. The molecular weight excluding hydrogens is 608 g/mol. The van der Waals surface area contributed by atoms with Crippen LogP contribution in [0.25, 0.3) is 0 Å². The van der Waals surface area contributed by atoms with Gasteiger partial charge in [0.05, 0.1) is 6.61 Å². The highest BCUT2D eigenvalue weighted by molar-refractivity contribution is 5.97. The van der Waals surface area contributed by atoms with E-state index in [9.17, 15) is 19.2 Å². The van der Waals surface area contributed by atoms with E-state index in [1.807, 2.05) is 44.2 Å². The quantitative estimate of drug-likeness (QED) is 0.213. The fourth-order valence-electron chi connectivity index (χ4n) is 10.2. The van der Waals surface area contributed by atoms with E-state index in [4.69, 9.17) is 4.74 Å². The van der Waals surface area contributed by atoms with Crippen molar-refractivity contribution in [2.75, 3.05) is 6.61 Å². The van der Waals surface area contributed by atoms with E-state index in [2.05, 4.69) is 18.2 Å². The number of carbonyl (C=O) groups is 4. The summed E-state index contributed by atoms with van der Waals surface area (Å²) in [6.07, 6.45) is 15.8. The monoisotopic (exact) mass is 666 g/mol. The Balaban J connectivity index is 1.10. The van der Waals surface area contributed by atoms with Gasteiger partial charge in [0, 0.05) is 48.9 Å². The molecule has 0 N–H and O–H groups in total. The summed E-state index contributed by atoms with van der Waals surface area (Å²) in [4.78, 5) is 55.3. The fraction of sp³-hybridized carbons (Fsp3) is 0.636. The van der Waals surface area contributed by atoms with E-state index in [-0.39, 0.29) is 54.4 Å².